The first-order valence-corrected chi connectivity index (χ1v) is 8.53. The number of imide groups is 1. The first kappa shape index (κ1) is 17.0. The molecule has 1 aromatic rings. The highest BCUT2D eigenvalue weighted by atomic mass is 35.5. The molecule has 0 saturated carbocycles. The minimum absolute atomic E-state index is 0.104. The maximum atomic E-state index is 12.3. The van der Waals surface area contributed by atoms with E-state index < -0.39 is 11.9 Å². The fraction of sp³-hybridized carbons (Fsp3) is 0.529. The summed E-state index contributed by atoms with van der Waals surface area (Å²) in [6.07, 6.45) is 4.21. The zero-order valence-corrected chi connectivity index (χ0v) is 14.6. The predicted molar refractivity (Wildman–Crippen MR) is 91.6 cm³/mol. The second-order valence-corrected chi connectivity index (χ2v) is 6.93. The van der Waals surface area contributed by atoms with E-state index in [2.05, 4.69) is 22.6 Å². The number of hydrogen-bond acceptors (Lipinski definition) is 4. The van der Waals surface area contributed by atoms with Gasteiger partial charge < -0.3 is 15.0 Å². The van der Waals surface area contributed by atoms with Crippen LogP contribution in [0.5, 0.6) is 5.75 Å². The highest BCUT2D eigenvalue weighted by molar-refractivity contribution is 6.31. The Morgan fingerprint density at radius 1 is 1.25 bits per heavy atom. The van der Waals surface area contributed by atoms with E-state index in [1.807, 2.05) is 0 Å². The molecule has 2 fully saturated rings. The molecule has 2 saturated heterocycles. The van der Waals surface area contributed by atoms with Crippen molar-refractivity contribution in [1.82, 2.24) is 15.5 Å². The highest BCUT2D eigenvalue weighted by Gasteiger charge is 2.38. The number of hydrogen-bond donors (Lipinski definition) is 2. The third kappa shape index (κ3) is 3.49. The summed E-state index contributed by atoms with van der Waals surface area (Å²) in [5.41, 5.74) is 0.239. The Morgan fingerprint density at radius 3 is 2.54 bits per heavy atom. The van der Waals surface area contributed by atoms with Crippen molar-refractivity contribution in [3.63, 3.8) is 0 Å². The maximum Gasteiger partial charge on any atom is 0.321 e. The third-order valence-corrected chi connectivity index (χ3v) is 5.30. The highest BCUT2D eigenvalue weighted by Crippen LogP contribution is 2.34. The predicted octanol–water partition coefficient (Wildman–Crippen LogP) is 2.41. The van der Waals surface area contributed by atoms with E-state index in [9.17, 15) is 9.59 Å². The quantitative estimate of drug-likeness (QED) is 0.877. The van der Waals surface area contributed by atoms with Gasteiger partial charge in [-0.25, -0.2) is 4.79 Å². The molecule has 0 spiro atoms. The van der Waals surface area contributed by atoms with Gasteiger partial charge in [0.05, 0.1) is 12.7 Å². The van der Waals surface area contributed by atoms with Gasteiger partial charge >= 0.3 is 6.03 Å². The number of ether oxygens (including phenoxy) is 1. The van der Waals surface area contributed by atoms with Crippen LogP contribution >= 0.6 is 11.6 Å². The van der Waals surface area contributed by atoms with Crippen molar-refractivity contribution in [2.24, 2.45) is 0 Å². The molecule has 2 heterocycles. The van der Waals surface area contributed by atoms with Gasteiger partial charge in [-0.1, -0.05) is 11.6 Å². The van der Waals surface area contributed by atoms with E-state index in [0.717, 1.165) is 12.8 Å². The molecular formula is C17H22ClN3O3. The molecule has 1 aromatic carbocycles. The van der Waals surface area contributed by atoms with Crippen molar-refractivity contribution in [2.75, 3.05) is 14.2 Å². The lowest BCUT2D eigenvalue weighted by Crippen LogP contribution is -2.51. The lowest BCUT2D eigenvalue weighted by atomic mass is 9.98. The molecule has 24 heavy (non-hydrogen) atoms. The lowest BCUT2D eigenvalue weighted by Gasteiger charge is -2.36. The van der Waals surface area contributed by atoms with Gasteiger partial charge in [-0.05, 0) is 50.9 Å². The largest absolute Gasteiger partial charge is 0.496 e. The third-order valence-electron chi connectivity index (χ3n) is 5.07. The van der Waals surface area contributed by atoms with Crippen LogP contribution in [0.15, 0.2) is 18.2 Å². The Kier molecular flexibility index (Phi) is 4.96. The fourth-order valence-corrected chi connectivity index (χ4v) is 3.95. The smallest absolute Gasteiger partial charge is 0.321 e. The average Bonchev–Trinajstić information content (AvgIpc) is 2.76. The zero-order chi connectivity index (χ0) is 17.3. The van der Waals surface area contributed by atoms with Gasteiger partial charge in [0.15, 0.2) is 0 Å². The Labute approximate surface area is 146 Å². The van der Waals surface area contributed by atoms with Gasteiger partial charge in [-0.15, -0.1) is 0 Å². The molecule has 6 nitrogen and oxygen atoms in total. The normalized spacial score (nSPS) is 26.0. The van der Waals surface area contributed by atoms with Crippen LogP contribution in [0.1, 0.15) is 36.0 Å². The van der Waals surface area contributed by atoms with Gasteiger partial charge in [-0.2, -0.15) is 0 Å². The second kappa shape index (κ2) is 6.99. The monoisotopic (exact) mass is 351 g/mol. The molecule has 0 radical (unpaired) electrons. The molecule has 7 heteroatoms. The van der Waals surface area contributed by atoms with Crippen LogP contribution < -0.4 is 15.4 Å². The summed E-state index contributed by atoms with van der Waals surface area (Å²) >= 11 is 5.92. The number of nitrogens with zero attached hydrogens (tertiary/aromatic N) is 1. The molecule has 3 amide bonds. The van der Waals surface area contributed by atoms with Gasteiger partial charge in [0, 0.05) is 23.1 Å². The van der Waals surface area contributed by atoms with E-state index >= 15 is 0 Å². The Morgan fingerprint density at radius 2 is 1.92 bits per heavy atom. The first-order chi connectivity index (χ1) is 11.5. The molecule has 3 atom stereocenters. The lowest BCUT2D eigenvalue weighted by molar-refractivity contribution is 0.0957. The number of fused-ring (bicyclic) bond motifs is 2. The molecule has 2 aliphatic heterocycles. The van der Waals surface area contributed by atoms with Crippen molar-refractivity contribution < 1.29 is 14.3 Å². The molecule has 3 rings (SSSR count). The molecular weight excluding hydrogens is 330 g/mol. The zero-order valence-electron chi connectivity index (χ0n) is 13.8. The van der Waals surface area contributed by atoms with E-state index in [-0.39, 0.29) is 11.6 Å². The van der Waals surface area contributed by atoms with Crippen LogP contribution in [0.4, 0.5) is 4.79 Å². The van der Waals surface area contributed by atoms with E-state index in [1.165, 1.54) is 26.0 Å². The topological polar surface area (TPSA) is 70.7 Å². The van der Waals surface area contributed by atoms with Crippen LogP contribution in [-0.4, -0.2) is 49.1 Å². The molecule has 1 unspecified atom stereocenters. The summed E-state index contributed by atoms with van der Waals surface area (Å²) in [6.45, 7) is 0. The van der Waals surface area contributed by atoms with Crippen LogP contribution in [-0.2, 0) is 0 Å². The minimum atomic E-state index is -0.525. The van der Waals surface area contributed by atoms with Gasteiger partial charge in [0.25, 0.3) is 5.91 Å². The van der Waals surface area contributed by atoms with E-state index in [4.69, 9.17) is 16.3 Å². The summed E-state index contributed by atoms with van der Waals surface area (Å²) < 4.78 is 5.14. The average molecular weight is 352 g/mol. The SMILES string of the molecule is COc1ccc(Cl)cc1C(=O)NC(=O)NC1C[C@H]2CC[C@@H](C1)N2C. The molecule has 2 bridgehead atoms. The summed E-state index contributed by atoms with van der Waals surface area (Å²) in [5, 5.41) is 5.70. The number of halogens is 1. The molecule has 2 N–H and O–H groups in total. The van der Waals surface area contributed by atoms with E-state index in [0.29, 0.717) is 22.9 Å². The first-order valence-electron chi connectivity index (χ1n) is 8.15. The number of rotatable bonds is 3. The Hall–Kier alpha value is -1.79. The Bertz CT molecular complexity index is 638. The van der Waals surface area contributed by atoms with Crippen LogP contribution in [0, 0.1) is 0 Å². The number of methoxy groups -OCH3 is 1. The Balaban J connectivity index is 1.59. The van der Waals surface area contributed by atoms with Gasteiger partial charge in [-0.3, -0.25) is 10.1 Å². The summed E-state index contributed by atoms with van der Waals surface area (Å²) in [7, 11) is 3.61. The molecule has 130 valence electrons. The van der Waals surface area contributed by atoms with Crippen LogP contribution in [0.25, 0.3) is 0 Å². The van der Waals surface area contributed by atoms with Gasteiger partial charge in [0.2, 0.25) is 0 Å². The molecule has 0 aromatic heterocycles. The standard InChI is InChI=1S/C17H22ClN3O3/c1-21-12-4-5-13(21)9-11(8-12)19-17(23)20-16(22)14-7-10(18)3-6-15(14)24-2/h3,6-7,11-13H,4-5,8-9H2,1-2H3,(H2,19,20,22,23)/t11?,12-,13+. The number of nitrogens with one attached hydrogen (secondary N) is 2. The summed E-state index contributed by atoms with van der Waals surface area (Å²) in [4.78, 5) is 26.9. The number of carbonyl (C=O) groups excluding carboxylic acids is 2. The molecule has 0 aliphatic carbocycles. The number of piperidine rings is 1. The number of urea groups is 1. The van der Waals surface area contributed by atoms with Crippen molar-refractivity contribution >= 4 is 23.5 Å². The van der Waals surface area contributed by atoms with Crippen molar-refractivity contribution in [1.29, 1.82) is 0 Å². The number of carbonyl (C=O) groups is 2. The summed E-state index contributed by atoms with van der Waals surface area (Å²) in [5.74, 6) is -0.148. The molecule has 2 aliphatic rings. The number of benzene rings is 1. The van der Waals surface area contributed by atoms with Crippen LogP contribution in [0.2, 0.25) is 5.02 Å². The van der Waals surface area contributed by atoms with E-state index in [1.54, 1.807) is 12.1 Å². The van der Waals surface area contributed by atoms with Crippen molar-refractivity contribution in [3.8, 4) is 5.75 Å². The van der Waals surface area contributed by atoms with Gasteiger partial charge in [0.1, 0.15) is 5.75 Å². The van der Waals surface area contributed by atoms with Crippen LogP contribution in [0.3, 0.4) is 0 Å². The fourth-order valence-electron chi connectivity index (χ4n) is 3.78. The number of amides is 3. The second-order valence-electron chi connectivity index (χ2n) is 6.49. The van der Waals surface area contributed by atoms with Crippen molar-refractivity contribution in [3.05, 3.63) is 28.8 Å². The minimum Gasteiger partial charge on any atom is -0.496 e. The van der Waals surface area contributed by atoms with Crippen molar-refractivity contribution in [2.45, 2.75) is 43.8 Å². The summed E-state index contributed by atoms with van der Waals surface area (Å²) in [6, 6.07) is 5.40. The maximum absolute atomic E-state index is 12.3.